The number of fused-ring (bicyclic) bond motifs is 1. The molecule has 0 atom stereocenters. The maximum Gasteiger partial charge on any atom is 0.120 e. The van der Waals surface area contributed by atoms with Crippen molar-refractivity contribution in [3.05, 3.63) is 30.5 Å². The Balaban J connectivity index is 2.12. The summed E-state index contributed by atoms with van der Waals surface area (Å²) in [4.78, 5) is 0. The molecule has 0 aliphatic heterocycles. The smallest absolute Gasteiger partial charge is 0.120 e. The van der Waals surface area contributed by atoms with E-state index in [1.54, 1.807) is 0 Å². The van der Waals surface area contributed by atoms with Crippen molar-refractivity contribution >= 4 is 10.9 Å². The van der Waals surface area contributed by atoms with E-state index in [4.69, 9.17) is 10.5 Å². The van der Waals surface area contributed by atoms with Crippen LogP contribution in [0.4, 0.5) is 0 Å². The number of hydrogen-bond donors (Lipinski definition) is 1. The molecule has 110 valence electrons. The zero-order chi connectivity index (χ0) is 14.6. The highest BCUT2D eigenvalue weighted by atomic mass is 16.5. The van der Waals surface area contributed by atoms with Gasteiger partial charge in [-0.2, -0.15) is 0 Å². The first-order chi connectivity index (χ1) is 9.55. The Morgan fingerprint density at radius 2 is 2.05 bits per heavy atom. The van der Waals surface area contributed by atoms with Gasteiger partial charge in [0.2, 0.25) is 0 Å². The molecule has 1 aromatic carbocycles. The Hall–Kier alpha value is -1.48. The van der Waals surface area contributed by atoms with Crippen LogP contribution in [0.15, 0.2) is 30.5 Å². The van der Waals surface area contributed by atoms with Crippen molar-refractivity contribution in [2.24, 2.45) is 11.1 Å². The van der Waals surface area contributed by atoms with Crippen LogP contribution in [0.5, 0.6) is 5.75 Å². The van der Waals surface area contributed by atoms with Crippen LogP contribution in [-0.4, -0.2) is 17.7 Å². The van der Waals surface area contributed by atoms with Gasteiger partial charge in [0.15, 0.2) is 0 Å². The Morgan fingerprint density at radius 1 is 1.25 bits per heavy atom. The van der Waals surface area contributed by atoms with Crippen LogP contribution in [0.2, 0.25) is 0 Å². The van der Waals surface area contributed by atoms with Crippen LogP contribution in [0.1, 0.15) is 33.6 Å². The van der Waals surface area contributed by atoms with Gasteiger partial charge in [0.05, 0.1) is 6.61 Å². The molecule has 3 heteroatoms. The second-order valence-electron chi connectivity index (χ2n) is 6.20. The third-order valence-corrected chi connectivity index (χ3v) is 3.80. The van der Waals surface area contributed by atoms with Crippen LogP contribution >= 0.6 is 0 Å². The average molecular weight is 274 g/mol. The van der Waals surface area contributed by atoms with Crippen molar-refractivity contribution in [2.75, 3.05) is 13.2 Å². The van der Waals surface area contributed by atoms with E-state index in [1.165, 1.54) is 10.9 Å². The van der Waals surface area contributed by atoms with E-state index in [9.17, 15) is 0 Å². The number of aryl methyl sites for hydroxylation is 1. The predicted molar refractivity (Wildman–Crippen MR) is 85.2 cm³/mol. The lowest BCUT2D eigenvalue weighted by molar-refractivity contribution is 0.317. The normalized spacial score (nSPS) is 12.0. The molecule has 1 heterocycles. The van der Waals surface area contributed by atoms with Crippen LogP contribution in [0.25, 0.3) is 10.9 Å². The summed E-state index contributed by atoms with van der Waals surface area (Å²) in [6.45, 7) is 9.06. The molecule has 0 radical (unpaired) electrons. The fourth-order valence-electron chi connectivity index (χ4n) is 2.21. The van der Waals surface area contributed by atoms with Crippen LogP contribution < -0.4 is 10.5 Å². The average Bonchev–Trinajstić information content (AvgIpc) is 2.85. The summed E-state index contributed by atoms with van der Waals surface area (Å²) in [5.41, 5.74) is 7.26. The van der Waals surface area contributed by atoms with Gasteiger partial charge in [0.25, 0.3) is 0 Å². The Morgan fingerprint density at radius 3 is 2.75 bits per heavy atom. The first kappa shape index (κ1) is 14.9. The number of rotatable bonds is 7. The molecule has 3 nitrogen and oxygen atoms in total. The molecule has 2 rings (SSSR count). The summed E-state index contributed by atoms with van der Waals surface area (Å²) in [5, 5.41) is 1.24. The van der Waals surface area contributed by atoms with Crippen LogP contribution in [0.3, 0.4) is 0 Å². The molecule has 0 amide bonds. The number of nitrogens with zero attached hydrogens (tertiary/aromatic N) is 1. The second-order valence-corrected chi connectivity index (χ2v) is 6.20. The molecule has 0 saturated carbocycles. The van der Waals surface area contributed by atoms with Gasteiger partial charge in [-0.05, 0) is 49.1 Å². The minimum atomic E-state index is 0.195. The second kappa shape index (κ2) is 6.31. The molecule has 20 heavy (non-hydrogen) atoms. The van der Waals surface area contributed by atoms with Crippen molar-refractivity contribution in [3.8, 4) is 5.75 Å². The van der Waals surface area contributed by atoms with Gasteiger partial charge in [-0.15, -0.1) is 0 Å². The highest BCUT2D eigenvalue weighted by molar-refractivity contribution is 5.81. The van der Waals surface area contributed by atoms with Crippen LogP contribution in [0, 0.1) is 5.41 Å². The van der Waals surface area contributed by atoms with Gasteiger partial charge in [-0.1, -0.05) is 20.8 Å². The SMILES string of the molecule is CCCOc1ccc2c(ccn2CCC(C)(C)CN)c1. The quantitative estimate of drug-likeness (QED) is 0.834. The summed E-state index contributed by atoms with van der Waals surface area (Å²) in [5.74, 6) is 0.958. The first-order valence-electron chi connectivity index (χ1n) is 7.47. The maximum atomic E-state index is 5.80. The van der Waals surface area contributed by atoms with Crippen molar-refractivity contribution < 1.29 is 4.74 Å². The minimum absolute atomic E-state index is 0.195. The van der Waals surface area contributed by atoms with Gasteiger partial charge in [0.1, 0.15) is 5.75 Å². The predicted octanol–water partition coefficient (Wildman–Crippen LogP) is 3.81. The van der Waals surface area contributed by atoms with Gasteiger partial charge in [-0.3, -0.25) is 0 Å². The van der Waals surface area contributed by atoms with Gasteiger partial charge in [-0.25, -0.2) is 0 Å². The van der Waals surface area contributed by atoms with Crippen molar-refractivity contribution in [2.45, 2.75) is 40.2 Å². The molecule has 1 aromatic heterocycles. The third-order valence-electron chi connectivity index (χ3n) is 3.80. The van der Waals surface area contributed by atoms with E-state index in [2.05, 4.69) is 55.8 Å². The Labute approximate surface area is 121 Å². The highest BCUT2D eigenvalue weighted by Crippen LogP contribution is 2.25. The van der Waals surface area contributed by atoms with Crippen molar-refractivity contribution in [1.82, 2.24) is 4.57 Å². The molecule has 2 N–H and O–H groups in total. The van der Waals surface area contributed by atoms with E-state index in [0.29, 0.717) is 0 Å². The zero-order valence-electron chi connectivity index (χ0n) is 12.9. The molecule has 0 bridgehead atoms. The Kier molecular flexibility index (Phi) is 4.71. The van der Waals surface area contributed by atoms with E-state index in [1.807, 2.05) is 0 Å². The van der Waals surface area contributed by atoms with E-state index in [0.717, 1.165) is 38.3 Å². The van der Waals surface area contributed by atoms with Crippen LogP contribution in [-0.2, 0) is 6.54 Å². The summed E-state index contributed by atoms with van der Waals surface area (Å²) in [6.07, 6.45) is 4.27. The molecule has 0 spiro atoms. The molecular weight excluding hydrogens is 248 g/mol. The number of hydrogen-bond acceptors (Lipinski definition) is 2. The fourth-order valence-corrected chi connectivity index (χ4v) is 2.21. The van der Waals surface area contributed by atoms with Gasteiger partial charge in [0, 0.05) is 23.6 Å². The summed E-state index contributed by atoms with van der Waals surface area (Å²) < 4.78 is 7.98. The van der Waals surface area contributed by atoms with Crippen molar-refractivity contribution in [3.63, 3.8) is 0 Å². The van der Waals surface area contributed by atoms with E-state index >= 15 is 0 Å². The lowest BCUT2D eigenvalue weighted by Gasteiger charge is -2.22. The van der Waals surface area contributed by atoms with E-state index < -0.39 is 0 Å². The van der Waals surface area contributed by atoms with Gasteiger partial charge >= 0.3 is 0 Å². The minimum Gasteiger partial charge on any atom is -0.494 e. The topological polar surface area (TPSA) is 40.2 Å². The van der Waals surface area contributed by atoms with Gasteiger partial charge < -0.3 is 15.0 Å². The fraction of sp³-hybridized carbons (Fsp3) is 0.529. The number of ether oxygens (including phenoxy) is 1. The number of nitrogens with two attached hydrogens (primary N) is 1. The first-order valence-corrected chi connectivity index (χ1v) is 7.47. The third kappa shape index (κ3) is 3.54. The monoisotopic (exact) mass is 274 g/mol. The molecule has 0 aliphatic rings. The summed E-state index contributed by atoms with van der Waals surface area (Å²) in [6, 6.07) is 8.48. The van der Waals surface area contributed by atoms with E-state index in [-0.39, 0.29) is 5.41 Å². The summed E-state index contributed by atoms with van der Waals surface area (Å²) >= 11 is 0. The van der Waals surface area contributed by atoms with Crippen molar-refractivity contribution in [1.29, 1.82) is 0 Å². The number of aromatic nitrogens is 1. The lowest BCUT2D eigenvalue weighted by atomic mass is 9.90. The highest BCUT2D eigenvalue weighted by Gasteiger charge is 2.15. The largest absolute Gasteiger partial charge is 0.494 e. The number of benzene rings is 1. The summed E-state index contributed by atoms with van der Waals surface area (Å²) in [7, 11) is 0. The maximum absolute atomic E-state index is 5.80. The standard InChI is InChI=1S/C17H26N2O/c1-4-11-20-15-5-6-16-14(12-15)7-9-19(16)10-8-17(2,3)13-18/h5-7,9,12H,4,8,10-11,13,18H2,1-3H3. The molecule has 0 saturated heterocycles. The molecule has 0 aliphatic carbocycles. The molecule has 0 unspecified atom stereocenters. The molecular formula is C17H26N2O. The molecule has 0 fully saturated rings. The molecule has 2 aromatic rings. The zero-order valence-corrected chi connectivity index (χ0v) is 12.9. The lowest BCUT2D eigenvalue weighted by Crippen LogP contribution is -2.24. The Bertz CT molecular complexity index is 557.